The summed E-state index contributed by atoms with van der Waals surface area (Å²) in [5.74, 6) is -4.14. The quantitative estimate of drug-likeness (QED) is 0.812. The number of hydrogen-bond acceptors (Lipinski definition) is 3. The molecule has 0 saturated heterocycles. The molecule has 1 N–H and O–H groups in total. The van der Waals surface area contributed by atoms with Crippen molar-refractivity contribution in [2.75, 3.05) is 20.3 Å². The summed E-state index contributed by atoms with van der Waals surface area (Å²) in [7, 11) is -3.02. The van der Waals surface area contributed by atoms with E-state index in [0.717, 1.165) is 0 Å². The van der Waals surface area contributed by atoms with E-state index < -0.39 is 32.4 Å². The highest BCUT2D eigenvalue weighted by Gasteiger charge is 2.24. The van der Waals surface area contributed by atoms with Gasteiger partial charge in [-0.1, -0.05) is 0 Å². The molecule has 0 fully saturated rings. The van der Waals surface area contributed by atoms with Crippen LogP contribution in [0.2, 0.25) is 0 Å². The molecular weight excluding hydrogens is 259 g/mol. The Bertz CT molecular complexity index is 481. The van der Waals surface area contributed by atoms with Crippen LogP contribution in [-0.2, 0) is 14.8 Å². The van der Waals surface area contributed by atoms with Crippen molar-refractivity contribution < 1.29 is 26.3 Å². The maximum atomic E-state index is 13.2. The lowest BCUT2D eigenvalue weighted by molar-refractivity contribution is 0.204. The Hall–Kier alpha value is -1.12. The summed E-state index contributed by atoms with van der Waals surface area (Å²) in [5.41, 5.74) is 0. The Kier molecular flexibility index (Phi) is 4.49. The number of nitrogens with one attached hydrogen (secondary N) is 1. The normalized spacial score (nSPS) is 11.8. The summed E-state index contributed by atoms with van der Waals surface area (Å²) in [5, 5.41) is 0. The smallest absolute Gasteiger partial charge is 0.246 e. The molecule has 0 heterocycles. The van der Waals surface area contributed by atoms with E-state index in [1.807, 2.05) is 4.72 Å². The predicted molar refractivity (Wildman–Crippen MR) is 53.4 cm³/mol. The van der Waals surface area contributed by atoms with Gasteiger partial charge in [0.05, 0.1) is 6.61 Å². The second-order valence-electron chi connectivity index (χ2n) is 3.09. The lowest BCUT2D eigenvalue weighted by Crippen LogP contribution is -2.28. The van der Waals surface area contributed by atoms with Gasteiger partial charge in [-0.25, -0.2) is 26.3 Å². The molecule has 0 aromatic heterocycles. The van der Waals surface area contributed by atoms with E-state index in [0.29, 0.717) is 12.1 Å². The van der Waals surface area contributed by atoms with Gasteiger partial charge in [0.25, 0.3) is 0 Å². The third-order valence-electron chi connectivity index (χ3n) is 1.83. The Morgan fingerprint density at radius 2 is 1.76 bits per heavy atom. The van der Waals surface area contributed by atoms with Gasteiger partial charge in [-0.3, -0.25) is 0 Å². The molecule has 0 amide bonds. The molecule has 0 atom stereocenters. The van der Waals surface area contributed by atoms with E-state index in [-0.39, 0.29) is 13.2 Å². The van der Waals surface area contributed by atoms with Crippen molar-refractivity contribution in [3.63, 3.8) is 0 Å². The highest BCUT2D eigenvalue weighted by molar-refractivity contribution is 7.89. The van der Waals surface area contributed by atoms with Crippen LogP contribution in [-0.4, -0.2) is 28.7 Å². The van der Waals surface area contributed by atoms with Gasteiger partial charge >= 0.3 is 0 Å². The lowest BCUT2D eigenvalue weighted by Gasteiger charge is -2.08. The van der Waals surface area contributed by atoms with Crippen LogP contribution in [0, 0.1) is 17.5 Å². The fraction of sp³-hybridized carbons (Fsp3) is 0.333. The highest BCUT2D eigenvalue weighted by Crippen LogP contribution is 2.19. The number of sulfonamides is 1. The summed E-state index contributed by atoms with van der Waals surface area (Å²) in [6.45, 7) is -0.0985. The molecular formula is C9H10F3NO3S. The van der Waals surface area contributed by atoms with Crippen LogP contribution in [0.15, 0.2) is 17.0 Å². The first kappa shape index (κ1) is 13.9. The summed E-state index contributed by atoms with van der Waals surface area (Å²) < 4.78 is 68.4. The molecule has 0 aliphatic rings. The molecule has 0 aliphatic carbocycles. The van der Waals surface area contributed by atoms with E-state index >= 15 is 0 Å². The molecule has 0 spiro atoms. The minimum Gasteiger partial charge on any atom is -0.383 e. The van der Waals surface area contributed by atoms with Crippen molar-refractivity contribution in [2.24, 2.45) is 0 Å². The Labute approximate surface area is 96.4 Å². The molecule has 0 radical (unpaired) electrons. The van der Waals surface area contributed by atoms with Crippen molar-refractivity contribution in [3.05, 3.63) is 29.6 Å². The molecule has 0 unspecified atom stereocenters. The van der Waals surface area contributed by atoms with Gasteiger partial charge in [0, 0.05) is 25.8 Å². The van der Waals surface area contributed by atoms with Crippen LogP contribution in [0.25, 0.3) is 0 Å². The number of rotatable bonds is 5. The number of halogens is 3. The molecule has 1 aromatic carbocycles. The van der Waals surface area contributed by atoms with E-state index in [2.05, 4.69) is 4.74 Å². The first-order valence-electron chi connectivity index (χ1n) is 4.51. The molecule has 0 saturated carbocycles. The number of hydrogen-bond donors (Lipinski definition) is 1. The standard InChI is InChI=1S/C9H10F3NO3S/c1-16-3-2-13-17(14,15)9-7(11)4-6(10)5-8(9)12/h4-5,13H,2-3H2,1H3. The average Bonchev–Trinajstić information content (AvgIpc) is 2.15. The zero-order valence-corrected chi connectivity index (χ0v) is 9.65. The Morgan fingerprint density at radius 1 is 1.24 bits per heavy atom. The van der Waals surface area contributed by atoms with Crippen LogP contribution in [0.3, 0.4) is 0 Å². The molecule has 4 nitrogen and oxygen atoms in total. The molecule has 8 heteroatoms. The Balaban J connectivity index is 3.07. The molecule has 17 heavy (non-hydrogen) atoms. The molecule has 1 aromatic rings. The fourth-order valence-electron chi connectivity index (χ4n) is 1.14. The Morgan fingerprint density at radius 3 is 2.24 bits per heavy atom. The number of ether oxygens (including phenoxy) is 1. The molecule has 0 bridgehead atoms. The number of benzene rings is 1. The minimum atomic E-state index is -4.36. The first-order chi connectivity index (χ1) is 7.88. The predicted octanol–water partition coefficient (Wildman–Crippen LogP) is 1.03. The average molecular weight is 269 g/mol. The first-order valence-corrected chi connectivity index (χ1v) is 6.00. The summed E-state index contributed by atoms with van der Waals surface area (Å²) in [6, 6.07) is 0.599. The summed E-state index contributed by atoms with van der Waals surface area (Å²) in [6.07, 6.45) is 0. The van der Waals surface area contributed by atoms with Gasteiger partial charge < -0.3 is 4.74 Å². The third kappa shape index (κ3) is 3.42. The van der Waals surface area contributed by atoms with Gasteiger partial charge in [0.1, 0.15) is 17.5 Å². The second kappa shape index (κ2) is 5.48. The van der Waals surface area contributed by atoms with Crippen molar-refractivity contribution in [2.45, 2.75) is 4.90 Å². The topological polar surface area (TPSA) is 55.4 Å². The fourth-order valence-corrected chi connectivity index (χ4v) is 2.26. The maximum absolute atomic E-state index is 13.2. The molecule has 0 aliphatic heterocycles. The summed E-state index contributed by atoms with van der Waals surface area (Å²) >= 11 is 0. The van der Waals surface area contributed by atoms with Crippen LogP contribution >= 0.6 is 0 Å². The van der Waals surface area contributed by atoms with Gasteiger partial charge in [0.2, 0.25) is 10.0 Å². The summed E-state index contributed by atoms with van der Waals surface area (Å²) in [4.78, 5) is -1.20. The van der Waals surface area contributed by atoms with Crippen LogP contribution < -0.4 is 4.72 Å². The number of methoxy groups -OCH3 is 1. The maximum Gasteiger partial charge on any atom is 0.246 e. The van der Waals surface area contributed by atoms with Crippen molar-refractivity contribution >= 4 is 10.0 Å². The highest BCUT2D eigenvalue weighted by atomic mass is 32.2. The van der Waals surface area contributed by atoms with E-state index in [1.165, 1.54) is 7.11 Å². The lowest BCUT2D eigenvalue weighted by atomic mass is 10.3. The van der Waals surface area contributed by atoms with Gasteiger partial charge in [-0.15, -0.1) is 0 Å². The zero-order chi connectivity index (χ0) is 13.1. The van der Waals surface area contributed by atoms with E-state index in [1.54, 1.807) is 0 Å². The monoisotopic (exact) mass is 269 g/mol. The van der Waals surface area contributed by atoms with Crippen LogP contribution in [0.5, 0.6) is 0 Å². The van der Waals surface area contributed by atoms with Gasteiger partial charge in [-0.2, -0.15) is 0 Å². The largest absolute Gasteiger partial charge is 0.383 e. The van der Waals surface area contributed by atoms with Gasteiger partial charge in [-0.05, 0) is 0 Å². The molecule has 96 valence electrons. The second-order valence-corrected chi connectivity index (χ2v) is 4.79. The van der Waals surface area contributed by atoms with E-state index in [9.17, 15) is 21.6 Å². The minimum absolute atomic E-state index is 0.0453. The van der Waals surface area contributed by atoms with E-state index in [4.69, 9.17) is 0 Å². The SMILES string of the molecule is COCCNS(=O)(=O)c1c(F)cc(F)cc1F. The third-order valence-corrected chi connectivity index (χ3v) is 3.34. The van der Waals surface area contributed by atoms with Gasteiger partial charge in [0.15, 0.2) is 4.90 Å². The van der Waals surface area contributed by atoms with Crippen LogP contribution in [0.4, 0.5) is 13.2 Å². The zero-order valence-electron chi connectivity index (χ0n) is 8.84. The van der Waals surface area contributed by atoms with Crippen molar-refractivity contribution in [3.8, 4) is 0 Å². The van der Waals surface area contributed by atoms with Crippen LogP contribution in [0.1, 0.15) is 0 Å². The molecule has 1 rings (SSSR count). The van der Waals surface area contributed by atoms with Crippen molar-refractivity contribution in [1.82, 2.24) is 4.72 Å². The van der Waals surface area contributed by atoms with Crippen molar-refractivity contribution in [1.29, 1.82) is 0 Å².